The van der Waals surface area contributed by atoms with Gasteiger partial charge in [-0.05, 0) is 37.0 Å². The Morgan fingerprint density at radius 3 is 2.80 bits per heavy atom. The summed E-state index contributed by atoms with van der Waals surface area (Å²) in [5, 5.41) is 0. The molecule has 1 saturated heterocycles. The van der Waals surface area contributed by atoms with Crippen molar-refractivity contribution in [3.05, 3.63) is 30.1 Å². The van der Waals surface area contributed by atoms with Crippen molar-refractivity contribution in [1.29, 1.82) is 0 Å². The quantitative estimate of drug-likeness (QED) is 0.800. The molecule has 0 spiro atoms. The summed E-state index contributed by atoms with van der Waals surface area (Å²) in [5.41, 5.74) is 2.88. The van der Waals surface area contributed by atoms with E-state index < -0.39 is 0 Å². The van der Waals surface area contributed by atoms with Gasteiger partial charge >= 0.3 is 0 Å². The lowest BCUT2D eigenvalue weighted by Crippen LogP contribution is -2.34. The number of aryl methyl sites for hydroxylation is 1. The van der Waals surface area contributed by atoms with Crippen molar-refractivity contribution in [1.82, 2.24) is 14.5 Å². The molecule has 0 aliphatic carbocycles. The predicted octanol–water partition coefficient (Wildman–Crippen LogP) is 2.83. The first kappa shape index (κ1) is 13.2. The first-order valence-corrected chi connectivity index (χ1v) is 7.09. The lowest BCUT2D eigenvalue weighted by atomic mass is 9.91. The lowest BCUT2D eigenvalue weighted by molar-refractivity contribution is 0.0736. The number of amides is 1. The number of fused-ring (bicyclic) bond motifs is 1. The smallest absolute Gasteiger partial charge is 0.254 e. The van der Waals surface area contributed by atoms with Gasteiger partial charge in [-0.3, -0.25) is 4.79 Å². The SMILES string of the molecule is CC1CC(C)(C)CN1C(=O)c1ccc2c(c1)ncn2C. The number of hydrogen-bond acceptors (Lipinski definition) is 2. The van der Waals surface area contributed by atoms with Crippen molar-refractivity contribution >= 4 is 16.9 Å². The number of carbonyl (C=O) groups is 1. The van der Waals surface area contributed by atoms with Crippen LogP contribution < -0.4 is 0 Å². The Morgan fingerprint density at radius 1 is 1.40 bits per heavy atom. The molecular weight excluding hydrogens is 250 g/mol. The Kier molecular flexibility index (Phi) is 2.85. The summed E-state index contributed by atoms with van der Waals surface area (Å²) < 4.78 is 1.96. The van der Waals surface area contributed by atoms with E-state index in [-0.39, 0.29) is 11.3 Å². The summed E-state index contributed by atoms with van der Waals surface area (Å²) >= 11 is 0. The molecule has 1 fully saturated rings. The molecule has 1 amide bonds. The van der Waals surface area contributed by atoms with E-state index >= 15 is 0 Å². The van der Waals surface area contributed by atoms with Crippen LogP contribution in [0, 0.1) is 5.41 Å². The maximum absolute atomic E-state index is 12.7. The molecule has 4 heteroatoms. The van der Waals surface area contributed by atoms with Crippen LogP contribution in [0.4, 0.5) is 0 Å². The van der Waals surface area contributed by atoms with E-state index in [0.717, 1.165) is 29.6 Å². The Labute approximate surface area is 119 Å². The van der Waals surface area contributed by atoms with Crippen molar-refractivity contribution in [3.8, 4) is 0 Å². The molecule has 20 heavy (non-hydrogen) atoms. The predicted molar refractivity (Wildman–Crippen MR) is 79.6 cm³/mol. The third kappa shape index (κ3) is 2.09. The number of carbonyl (C=O) groups excluding carboxylic acids is 1. The van der Waals surface area contributed by atoms with E-state index in [1.165, 1.54) is 0 Å². The molecule has 1 aliphatic heterocycles. The maximum Gasteiger partial charge on any atom is 0.254 e. The van der Waals surface area contributed by atoms with E-state index in [9.17, 15) is 4.79 Å². The molecule has 1 atom stereocenters. The first-order chi connectivity index (χ1) is 9.37. The standard InChI is InChI=1S/C16H21N3O/c1-11-8-16(2,3)9-19(11)15(20)12-5-6-14-13(7-12)17-10-18(14)4/h5-7,10-11H,8-9H2,1-4H3. The fourth-order valence-corrected chi connectivity index (χ4v) is 3.30. The molecule has 2 heterocycles. The van der Waals surface area contributed by atoms with Crippen molar-refractivity contribution in [2.75, 3.05) is 6.54 Å². The Hall–Kier alpha value is -1.84. The van der Waals surface area contributed by atoms with Crippen LogP contribution in [0.3, 0.4) is 0 Å². The summed E-state index contributed by atoms with van der Waals surface area (Å²) in [6.07, 6.45) is 2.84. The van der Waals surface area contributed by atoms with Gasteiger partial charge in [0, 0.05) is 25.2 Å². The molecule has 2 aromatic rings. The topological polar surface area (TPSA) is 38.1 Å². The third-order valence-electron chi connectivity index (χ3n) is 4.21. The monoisotopic (exact) mass is 271 g/mol. The van der Waals surface area contributed by atoms with E-state index in [1.807, 2.05) is 34.7 Å². The molecule has 4 nitrogen and oxygen atoms in total. The molecule has 3 rings (SSSR count). The maximum atomic E-state index is 12.7. The summed E-state index contributed by atoms with van der Waals surface area (Å²) in [7, 11) is 1.96. The average molecular weight is 271 g/mol. The van der Waals surface area contributed by atoms with Crippen LogP contribution in [0.2, 0.25) is 0 Å². The highest BCUT2D eigenvalue weighted by molar-refractivity contribution is 5.97. The van der Waals surface area contributed by atoms with Crippen molar-refractivity contribution < 1.29 is 4.79 Å². The summed E-state index contributed by atoms with van der Waals surface area (Å²) in [5.74, 6) is 0.121. The molecule has 0 bridgehead atoms. The van der Waals surface area contributed by atoms with Crippen LogP contribution in [-0.4, -0.2) is 32.9 Å². The van der Waals surface area contributed by atoms with Crippen LogP contribution in [0.1, 0.15) is 37.6 Å². The minimum atomic E-state index is 0.121. The van der Waals surface area contributed by atoms with Gasteiger partial charge in [0.25, 0.3) is 5.91 Å². The van der Waals surface area contributed by atoms with Gasteiger partial charge in [0.15, 0.2) is 0 Å². The Morgan fingerprint density at radius 2 is 2.15 bits per heavy atom. The zero-order chi connectivity index (χ0) is 14.5. The van der Waals surface area contributed by atoms with Gasteiger partial charge < -0.3 is 9.47 Å². The molecule has 1 aliphatic rings. The highest BCUT2D eigenvalue weighted by atomic mass is 16.2. The summed E-state index contributed by atoms with van der Waals surface area (Å²) in [6.45, 7) is 7.40. The van der Waals surface area contributed by atoms with Crippen LogP contribution in [0.15, 0.2) is 24.5 Å². The van der Waals surface area contributed by atoms with Gasteiger partial charge in [-0.25, -0.2) is 4.98 Å². The van der Waals surface area contributed by atoms with Gasteiger partial charge in [0.05, 0.1) is 17.4 Å². The normalized spacial score (nSPS) is 21.6. The number of likely N-dealkylation sites (tertiary alicyclic amines) is 1. The lowest BCUT2D eigenvalue weighted by Gasteiger charge is -2.22. The average Bonchev–Trinajstić information content (AvgIpc) is 2.88. The van der Waals surface area contributed by atoms with Gasteiger partial charge in [0.2, 0.25) is 0 Å². The second-order valence-electron chi connectivity index (χ2n) is 6.71. The number of rotatable bonds is 1. The molecule has 1 aromatic heterocycles. The van der Waals surface area contributed by atoms with Gasteiger partial charge in [0.1, 0.15) is 0 Å². The van der Waals surface area contributed by atoms with Crippen molar-refractivity contribution in [3.63, 3.8) is 0 Å². The second kappa shape index (κ2) is 4.33. The first-order valence-electron chi connectivity index (χ1n) is 7.09. The van der Waals surface area contributed by atoms with Crippen LogP contribution >= 0.6 is 0 Å². The second-order valence-corrected chi connectivity index (χ2v) is 6.71. The zero-order valence-corrected chi connectivity index (χ0v) is 12.6. The highest BCUT2D eigenvalue weighted by Gasteiger charge is 2.37. The molecule has 1 unspecified atom stereocenters. The molecule has 0 saturated carbocycles. The molecule has 106 valence electrons. The number of hydrogen-bond donors (Lipinski definition) is 0. The number of aromatic nitrogens is 2. The summed E-state index contributed by atoms with van der Waals surface area (Å²) in [6, 6.07) is 6.08. The van der Waals surface area contributed by atoms with Crippen LogP contribution in [0.25, 0.3) is 11.0 Å². The number of benzene rings is 1. The number of nitrogens with zero attached hydrogens (tertiary/aromatic N) is 3. The van der Waals surface area contributed by atoms with Crippen LogP contribution in [-0.2, 0) is 7.05 Å². The van der Waals surface area contributed by atoms with Crippen molar-refractivity contribution in [2.24, 2.45) is 12.5 Å². The van der Waals surface area contributed by atoms with E-state index in [0.29, 0.717) is 6.04 Å². The van der Waals surface area contributed by atoms with Gasteiger partial charge in [-0.2, -0.15) is 0 Å². The van der Waals surface area contributed by atoms with Gasteiger partial charge in [-0.15, -0.1) is 0 Å². The Bertz CT molecular complexity index is 671. The van der Waals surface area contributed by atoms with E-state index in [2.05, 4.69) is 25.8 Å². The Balaban J connectivity index is 1.93. The highest BCUT2D eigenvalue weighted by Crippen LogP contribution is 2.34. The fraction of sp³-hybridized carbons (Fsp3) is 0.500. The van der Waals surface area contributed by atoms with Crippen molar-refractivity contribution in [2.45, 2.75) is 33.2 Å². The third-order valence-corrected chi connectivity index (χ3v) is 4.21. The molecule has 0 radical (unpaired) electrons. The summed E-state index contributed by atoms with van der Waals surface area (Å²) in [4.78, 5) is 19.0. The van der Waals surface area contributed by atoms with E-state index in [1.54, 1.807) is 6.33 Å². The van der Waals surface area contributed by atoms with Gasteiger partial charge in [-0.1, -0.05) is 13.8 Å². The van der Waals surface area contributed by atoms with E-state index in [4.69, 9.17) is 0 Å². The molecule has 1 aromatic carbocycles. The minimum absolute atomic E-state index is 0.121. The minimum Gasteiger partial charge on any atom is -0.335 e. The zero-order valence-electron chi connectivity index (χ0n) is 12.6. The largest absolute Gasteiger partial charge is 0.335 e. The molecular formula is C16H21N3O. The van der Waals surface area contributed by atoms with Crippen LogP contribution in [0.5, 0.6) is 0 Å². The molecule has 0 N–H and O–H groups in total. The fourth-order valence-electron chi connectivity index (χ4n) is 3.30. The number of imidazole rings is 1.